The summed E-state index contributed by atoms with van der Waals surface area (Å²) >= 11 is 5.86. The van der Waals surface area contributed by atoms with Gasteiger partial charge in [-0.3, -0.25) is 9.59 Å². The van der Waals surface area contributed by atoms with E-state index in [-0.39, 0.29) is 24.2 Å². The number of rotatable bonds is 3. The maximum absolute atomic E-state index is 12.4. The van der Waals surface area contributed by atoms with Gasteiger partial charge in [-0.25, -0.2) is 4.98 Å². The van der Waals surface area contributed by atoms with E-state index in [0.29, 0.717) is 17.4 Å². The number of hydrogen-bond acceptors (Lipinski definition) is 3. The van der Waals surface area contributed by atoms with Crippen molar-refractivity contribution in [3.63, 3.8) is 0 Å². The third kappa shape index (κ3) is 3.35. The van der Waals surface area contributed by atoms with Gasteiger partial charge in [-0.05, 0) is 42.8 Å². The number of halogens is 1. The molecule has 0 aliphatic carbocycles. The molecule has 1 N–H and O–H groups in total. The number of nitrogens with zero attached hydrogens (tertiary/aromatic N) is 2. The van der Waals surface area contributed by atoms with Crippen molar-refractivity contribution in [3.8, 4) is 0 Å². The van der Waals surface area contributed by atoms with E-state index in [9.17, 15) is 9.59 Å². The molecule has 2 amide bonds. The molecule has 118 valence electrons. The number of aryl methyl sites for hydroxylation is 1. The number of anilines is 2. The fraction of sp³-hybridized carbons (Fsp3) is 0.235. The third-order valence-corrected chi connectivity index (χ3v) is 4.14. The zero-order valence-corrected chi connectivity index (χ0v) is 13.4. The number of benzene rings is 1. The van der Waals surface area contributed by atoms with Crippen molar-refractivity contribution in [2.45, 2.75) is 13.3 Å². The zero-order valence-electron chi connectivity index (χ0n) is 12.6. The molecule has 1 saturated heterocycles. The lowest BCUT2D eigenvalue weighted by Gasteiger charge is -2.16. The predicted molar refractivity (Wildman–Crippen MR) is 89.5 cm³/mol. The van der Waals surface area contributed by atoms with Gasteiger partial charge in [-0.2, -0.15) is 0 Å². The molecule has 23 heavy (non-hydrogen) atoms. The summed E-state index contributed by atoms with van der Waals surface area (Å²) in [6.07, 6.45) is 1.82. The number of aromatic nitrogens is 1. The van der Waals surface area contributed by atoms with Crippen molar-refractivity contribution in [1.82, 2.24) is 4.98 Å². The van der Waals surface area contributed by atoms with E-state index in [4.69, 9.17) is 11.6 Å². The first kappa shape index (κ1) is 15.5. The fourth-order valence-corrected chi connectivity index (χ4v) is 2.72. The van der Waals surface area contributed by atoms with Crippen LogP contribution >= 0.6 is 11.6 Å². The Labute approximate surface area is 139 Å². The first-order valence-corrected chi connectivity index (χ1v) is 7.71. The van der Waals surface area contributed by atoms with Gasteiger partial charge in [0.15, 0.2) is 0 Å². The fourth-order valence-electron chi connectivity index (χ4n) is 2.59. The van der Waals surface area contributed by atoms with E-state index in [1.165, 1.54) is 0 Å². The van der Waals surface area contributed by atoms with Gasteiger partial charge < -0.3 is 10.2 Å². The Bertz CT molecular complexity index is 746. The molecule has 1 aliphatic rings. The molecule has 0 radical (unpaired) electrons. The van der Waals surface area contributed by atoms with Crippen LogP contribution in [0.25, 0.3) is 0 Å². The molecule has 1 fully saturated rings. The van der Waals surface area contributed by atoms with Crippen LogP contribution in [-0.4, -0.2) is 23.3 Å². The predicted octanol–water partition coefficient (Wildman–Crippen LogP) is 3.04. The lowest BCUT2D eigenvalue weighted by Crippen LogP contribution is -2.28. The molecule has 3 rings (SSSR count). The minimum atomic E-state index is -0.389. The highest BCUT2D eigenvalue weighted by Gasteiger charge is 2.35. The van der Waals surface area contributed by atoms with Gasteiger partial charge in [0.25, 0.3) is 0 Å². The topological polar surface area (TPSA) is 62.3 Å². The Morgan fingerprint density at radius 3 is 2.74 bits per heavy atom. The van der Waals surface area contributed by atoms with Crippen LogP contribution in [0.15, 0.2) is 42.6 Å². The Balaban J connectivity index is 1.71. The highest BCUT2D eigenvalue weighted by Crippen LogP contribution is 2.27. The van der Waals surface area contributed by atoms with Gasteiger partial charge >= 0.3 is 0 Å². The number of pyridine rings is 1. The second kappa shape index (κ2) is 6.38. The van der Waals surface area contributed by atoms with E-state index in [1.807, 2.05) is 19.1 Å². The SMILES string of the molecule is Cc1cccnc1NC(=O)C1CC(=O)N(c2ccc(Cl)cc2)C1. The van der Waals surface area contributed by atoms with Crippen LogP contribution < -0.4 is 10.2 Å². The third-order valence-electron chi connectivity index (χ3n) is 3.89. The molecule has 0 bridgehead atoms. The summed E-state index contributed by atoms with van der Waals surface area (Å²) in [5.74, 6) is -0.101. The summed E-state index contributed by atoms with van der Waals surface area (Å²) in [5.41, 5.74) is 1.64. The summed E-state index contributed by atoms with van der Waals surface area (Å²) in [7, 11) is 0. The minimum Gasteiger partial charge on any atom is -0.312 e. The van der Waals surface area contributed by atoms with Crippen molar-refractivity contribution in [3.05, 3.63) is 53.2 Å². The second-order valence-corrected chi connectivity index (χ2v) is 5.98. The lowest BCUT2D eigenvalue weighted by atomic mass is 10.1. The molecule has 2 heterocycles. The molecule has 1 unspecified atom stereocenters. The number of nitrogens with one attached hydrogen (secondary N) is 1. The second-order valence-electron chi connectivity index (χ2n) is 5.54. The molecule has 5 nitrogen and oxygen atoms in total. The van der Waals surface area contributed by atoms with Gasteiger partial charge in [-0.15, -0.1) is 0 Å². The van der Waals surface area contributed by atoms with Gasteiger partial charge in [0.05, 0.1) is 5.92 Å². The smallest absolute Gasteiger partial charge is 0.230 e. The molecule has 1 aliphatic heterocycles. The summed E-state index contributed by atoms with van der Waals surface area (Å²) in [6, 6.07) is 10.7. The molecular weight excluding hydrogens is 314 g/mol. The van der Waals surface area contributed by atoms with Crippen LogP contribution in [0.2, 0.25) is 5.02 Å². The number of amides is 2. The molecule has 0 saturated carbocycles. The maximum atomic E-state index is 12.4. The number of hydrogen-bond donors (Lipinski definition) is 1. The Morgan fingerprint density at radius 1 is 1.30 bits per heavy atom. The lowest BCUT2D eigenvalue weighted by molar-refractivity contribution is -0.122. The van der Waals surface area contributed by atoms with Gasteiger partial charge in [-0.1, -0.05) is 17.7 Å². The molecular formula is C17H16ClN3O2. The van der Waals surface area contributed by atoms with Crippen LogP contribution in [0.4, 0.5) is 11.5 Å². The normalized spacial score (nSPS) is 17.4. The van der Waals surface area contributed by atoms with Crippen LogP contribution in [0, 0.1) is 12.8 Å². The maximum Gasteiger partial charge on any atom is 0.230 e. The number of carbonyl (C=O) groups excluding carboxylic acids is 2. The monoisotopic (exact) mass is 329 g/mol. The molecule has 1 aromatic heterocycles. The van der Waals surface area contributed by atoms with Crippen molar-refractivity contribution < 1.29 is 9.59 Å². The molecule has 0 spiro atoms. The minimum absolute atomic E-state index is 0.0646. The quantitative estimate of drug-likeness (QED) is 0.941. The summed E-state index contributed by atoms with van der Waals surface area (Å²) in [4.78, 5) is 30.4. The summed E-state index contributed by atoms with van der Waals surface area (Å²) in [6.45, 7) is 2.24. The number of carbonyl (C=O) groups is 2. The van der Waals surface area contributed by atoms with E-state index in [2.05, 4.69) is 10.3 Å². The molecule has 6 heteroatoms. The van der Waals surface area contributed by atoms with Crippen LogP contribution in [-0.2, 0) is 9.59 Å². The Kier molecular flexibility index (Phi) is 4.30. The van der Waals surface area contributed by atoms with Crippen molar-refractivity contribution >= 4 is 34.9 Å². The molecule has 1 atom stereocenters. The van der Waals surface area contributed by atoms with Crippen molar-refractivity contribution in [2.24, 2.45) is 5.92 Å². The first-order valence-electron chi connectivity index (χ1n) is 7.33. The van der Waals surface area contributed by atoms with Gasteiger partial charge in [0, 0.05) is 29.9 Å². The summed E-state index contributed by atoms with van der Waals surface area (Å²) < 4.78 is 0. The van der Waals surface area contributed by atoms with E-state index < -0.39 is 0 Å². The average Bonchev–Trinajstić information content (AvgIpc) is 2.92. The van der Waals surface area contributed by atoms with Crippen LogP contribution in [0.5, 0.6) is 0 Å². The molecule has 1 aromatic carbocycles. The largest absolute Gasteiger partial charge is 0.312 e. The Morgan fingerprint density at radius 2 is 2.04 bits per heavy atom. The van der Waals surface area contributed by atoms with E-state index >= 15 is 0 Å². The Hall–Kier alpha value is -2.40. The average molecular weight is 330 g/mol. The van der Waals surface area contributed by atoms with Crippen molar-refractivity contribution in [1.29, 1.82) is 0 Å². The van der Waals surface area contributed by atoms with Crippen molar-refractivity contribution in [2.75, 3.05) is 16.8 Å². The van der Waals surface area contributed by atoms with E-state index in [1.54, 1.807) is 35.4 Å². The van der Waals surface area contributed by atoms with E-state index in [0.717, 1.165) is 11.3 Å². The summed E-state index contributed by atoms with van der Waals surface area (Å²) in [5, 5.41) is 3.42. The first-order chi connectivity index (χ1) is 11.0. The standard InChI is InChI=1S/C17H16ClN3O2/c1-11-3-2-8-19-16(11)20-17(23)12-9-15(22)21(10-12)14-6-4-13(18)5-7-14/h2-8,12H,9-10H2,1H3,(H,19,20,23). The van der Waals surface area contributed by atoms with Crippen LogP contribution in [0.1, 0.15) is 12.0 Å². The van der Waals surface area contributed by atoms with Crippen LogP contribution in [0.3, 0.4) is 0 Å². The van der Waals surface area contributed by atoms with Gasteiger partial charge in [0.1, 0.15) is 5.82 Å². The van der Waals surface area contributed by atoms with Gasteiger partial charge in [0.2, 0.25) is 11.8 Å². The highest BCUT2D eigenvalue weighted by atomic mass is 35.5. The zero-order chi connectivity index (χ0) is 16.4. The molecule has 2 aromatic rings. The highest BCUT2D eigenvalue weighted by molar-refractivity contribution is 6.30.